The minimum atomic E-state index is -3.44. The lowest BCUT2D eigenvalue weighted by molar-refractivity contribution is 0.0133. The van der Waals surface area contributed by atoms with Crippen LogP contribution >= 0.6 is 0 Å². The van der Waals surface area contributed by atoms with Crippen molar-refractivity contribution in [2.45, 2.75) is 168 Å². The summed E-state index contributed by atoms with van der Waals surface area (Å²) in [6.45, 7) is 9.08. The highest BCUT2D eigenvalue weighted by Crippen LogP contribution is 2.49. The van der Waals surface area contributed by atoms with Crippen molar-refractivity contribution in [2.24, 2.45) is 17.3 Å². The molecule has 0 spiro atoms. The highest BCUT2D eigenvalue weighted by molar-refractivity contribution is 7.86. The number of hydrogen-bond acceptors (Lipinski definition) is 6. The molecule has 0 amide bonds. The molecule has 2 saturated carbocycles. The Morgan fingerprint density at radius 1 is 0.513 bits per heavy atom. The van der Waals surface area contributed by atoms with Crippen molar-refractivity contribution in [2.75, 3.05) is 11.5 Å². The molecule has 0 saturated heterocycles. The molecule has 2 fully saturated rings. The first-order valence-electron chi connectivity index (χ1n) is 16.3. The molecule has 0 bridgehead atoms. The second kappa shape index (κ2) is 17.7. The van der Waals surface area contributed by atoms with E-state index in [0.29, 0.717) is 24.7 Å². The quantitative estimate of drug-likeness (QED) is 0.104. The van der Waals surface area contributed by atoms with Crippen LogP contribution < -0.4 is 0 Å². The Hall–Kier alpha value is -0.180. The van der Waals surface area contributed by atoms with Gasteiger partial charge in [0.15, 0.2) is 0 Å². The second-order valence-electron chi connectivity index (χ2n) is 13.0. The minimum Gasteiger partial charge on any atom is -0.267 e. The molecule has 0 heterocycles. The van der Waals surface area contributed by atoms with Crippen molar-refractivity contribution in [3.8, 4) is 0 Å². The molecular formula is C31H60O6S2. The third kappa shape index (κ3) is 13.6. The molecule has 2 aliphatic carbocycles. The Morgan fingerprint density at radius 3 is 1.15 bits per heavy atom. The fraction of sp³-hybridized carbons (Fsp3) is 1.00. The van der Waals surface area contributed by atoms with Crippen molar-refractivity contribution in [1.29, 1.82) is 0 Å². The van der Waals surface area contributed by atoms with E-state index in [1.54, 1.807) is 0 Å². The van der Waals surface area contributed by atoms with Gasteiger partial charge in [-0.2, -0.15) is 16.8 Å². The van der Waals surface area contributed by atoms with Gasteiger partial charge in [0.05, 0.1) is 23.7 Å². The highest BCUT2D eigenvalue weighted by atomic mass is 32.2. The van der Waals surface area contributed by atoms with Crippen LogP contribution in [-0.2, 0) is 28.6 Å². The molecule has 0 aromatic rings. The highest BCUT2D eigenvalue weighted by Gasteiger charge is 2.41. The average Bonchev–Trinajstić information content (AvgIpc) is 2.88. The average molecular weight is 593 g/mol. The van der Waals surface area contributed by atoms with E-state index in [0.717, 1.165) is 77.0 Å². The summed E-state index contributed by atoms with van der Waals surface area (Å²) in [5.74, 6) is 1.37. The van der Waals surface area contributed by atoms with Gasteiger partial charge in [0.2, 0.25) is 0 Å². The van der Waals surface area contributed by atoms with Gasteiger partial charge < -0.3 is 0 Å². The van der Waals surface area contributed by atoms with E-state index >= 15 is 0 Å². The molecule has 0 N–H and O–H groups in total. The standard InChI is InChI=1S/C31H60O6S2/c1-5-7-9-11-13-15-25-38(32,33)36-29-21-17-27(18-22-29)31(3,4)28-19-23-30(24-20-28)37-39(34,35)26-16-14-12-10-8-6-2/h27-30H,5-26H2,1-4H3. The van der Waals surface area contributed by atoms with Gasteiger partial charge in [-0.05, 0) is 81.5 Å². The van der Waals surface area contributed by atoms with Crippen molar-refractivity contribution < 1.29 is 25.2 Å². The van der Waals surface area contributed by atoms with E-state index in [2.05, 4.69) is 27.7 Å². The van der Waals surface area contributed by atoms with Gasteiger partial charge in [-0.25, -0.2) is 0 Å². The Labute approximate surface area is 242 Å². The van der Waals surface area contributed by atoms with Crippen LogP contribution in [0.2, 0.25) is 0 Å². The molecule has 0 radical (unpaired) electrons. The van der Waals surface area contributed by atoms with Crippen LogP contribution in [0.25, 0.3) is 0 Å². The summed E-state index contributed by atoms with van der Waals surface area (Å²) < 4.78 is 61.2. The number of rotatable bonds is 20. The summed E-state index contributed by atoms with van der Waals surface area (Å²) in [5.41, 5.74) is 0.144. The Balaban J connectivity index is 1.68. The summed E-state index contributed by atoms with van der Waals surface area (Å²) in [6, 6.07) is 0. The maximum atomic E-state index is 12.5. The van der Waals surface area contributed by atoms with Crippen molar-refractivity contribution in [3.63, 3.8) is 0 Å². The number of unbranched alkanes of at least 4 members (excludes halogenated alkanes) is 10. The smallest absolute Gasteiger partial charge is 0.267 e. The van der Waals surface area contributed by atoms with Crippen LogP contribution in [0.3, 0.4) is 0 Å². The summed E-state index contributed by atoms with van der Waals surface area (Å²) >= 11 is 0. The molecule has 6 nitrogen and oxygen atoms in total. The summed E-state index contributed by atoms with van der Waals surface area (Å²) in [5, 5.41) is 0. The van der Waals surface area contributed by atoms with E-state index < -0.39 is 20.2 Å². The lowest BCUT2D eigenvalue weighted by atomic mass is 9.60. The Morgan fingerprint density at radius 2 is 0.821 bits per heavy atom. The zero-order valence-electron chi connectivity index (χ0n) is 25.6. The van der Waals surface area contributed by atoms with Crippen molar-refractivity contribution >= 4 is 20.2 Å². The van der Waals surface area contributed by atoms with Gasteiger partial charge in [0.25, 0.3) is 20.2 Å². The first-order valence-corrected chi connectivity index (χ1v) is 19.5. The first kappa shape index (κ1) is 35.0. The normalized spacial score (nSPS) is 25.1. The molecule has 39 heavy (non-hydrogen) atoms. The van der Waals surface area contributed by atoms with E-state index in [1.165, 1.54) is 38.5 Å². The fourth-order valence-electron chi connectivity index (χ4n) is 6.77. The van der Waals surface area contributed by atoms with Crippen molar-refractivity contribution in [3.05, 3.63) is 0 Å². The van der Waals surface area contributed by atoms with Crippen LogP contribution in [-0.4, -0.2) is 40.5 Å². The fourth-order valence-corrected chi connectivity index (χ4v) is 9.29. The van der Waals surface area contributed by atoms with Gasteiger partial charge in [0.1, 0.15) is 0 Å². The molecule has 8 heteroatoms. The molecule has 0 unspecified atom stereocenters. The molecular weight excluding hydrogens is 532 g/mol. The lowest BCUT2D eigenvalue weighted by Gasteiger charge is -2.46. The predicted molar refractivity (Wildman–Crippen MR) is 162 cm³/mol. The third-order valence-corrected chi connectivity index (χ3v) is 12.2. The maximum absolute atomic E-state index is 12.5. The topological polar surface area (TPSA) is 86.7 Å². The molecule has 0 aliphatic heterocycles. The van der Waals surface area contributed by atoms with Crippen LogP contribution in [0.4, 0.5) is 0 Å². The molecule has 232 valence electrons. The Kier molecular flexibility index (Phi) is 15.9. The van der Waals surface area contributed by atoms with Gasteiger partial charge >= 0.3 is 0 Å². The lowest BCUT2D eigenvalue weighted by Crippen LogP contribution is -2.39. The third-order valence-electron chi connectivity index (χ3n) is 9.51. The summed E-state index contributed by atoms with van der Waals surface area (Å²) in [7, 11) is -6.89. The monoisotopic (exact) mass is 592 g/mol. The zero-order chi connectivity index (χ0) is 28.8. The Bertz CT molecular complexity index is 782. The van der Waals surface area contributed by atoms with E-state index in [-0.39, 0.29) is 29.1 Å². The largest absolute Gasteiger partial charge is 0.267 e. The van der Waals surface area contributed by atoms with Crippen molar-refractivity contribution in [1.82, 2.24) is 0 Å². The molecule has 0 atom stereocenters. The molecule has 0 aromatic carbocycles. The SMILES string of the molecule is CCCCCCCCS(=O)(=O)OC1CCC(C(C)(C)C2CCC(OS(=O)(=O)CCCCCCCC)CC2)CC1. The molecule has 2 rings (SSSR count). The summed E-state index contributed by atoms with van der Waals surface area (Å²) in [4.78, 5) is 0. The zero-order valence-corrected chi connectivity index (χ0v) is 27.3. The predicted octanol–water partition coefficient (Wildman–Crippen LogP) is 8.54. The maximum Gasteiger partial charge on any atom is 0.267 e. The molecule has 2 aliphatic rings. The minimum absolute atomic E-state index is 0.143. The van der Waals surface area contributed by atoms with Crippen LogP contribution in [0, 0.1) is 17.3 Å². The number of hydrogen-bond donors (Lipinski definition) is 0. The summed E-state index contributed by atoms with van der Waals surface area (Å²) in [6.07, 6.45) is 19.6. The first-order chi connectivity index (χ1) is 18.5. The van der Waals surface area contributed by atoms with Crippen LogP contribution in [0.15, 0.2) is 0 Å². The second-order valence-corrected chi connectivity index (χ2v) is 16.5. The van der Waals surface area contributed by atoms with Gasteiger partial charge in [-0.3, -0.25) is 8.37 Å². The van der Waals surface area contributed by atoms with E-state index in [4.69, 9.17) is 8.37 Å². The van der Waals surface area contributed by atoms with E-state index in [9.17, 15) is 16.8 Å². The van der Waals surface area contributed by atoms with Gasteiger partial charge in [0, 0.05) is 0 Å². The van der Waals surface area contributed by atoms with Crippen LogP contribution in [0.1, 0.15) is 156 Å². The van der Waals surface area contributed by atoms with E-state index in [1.807, 2.05) is 0 Å². The molecule has 0 aromatic heterocycles. The van der Waals surface area contributed by atoms with Crippen LogP contribution in [0.5, 0.6) is 0 Å². The van der Waals surface area contributed by atoms with Gasteiger partial charge in [-0.15, -0.1) is 0 Å². The van der Waals surface area contributed by atoms with Gasteiger partial charge in [-0.1, -0.05) is 91.9 Å².